The van der Waals surface area contributed by atoms with Crippen molar-refractivity contribution in [3.63, 3.8) is 0 Å². The van der Waals surface area contributed by atoms with Crippen molar-refractivity contribution >= 4 is 17.9 Å². The van der Waals surface area contributed by atoms with Crippen molar-refractivity contribution in [1.29, 1.82) is 0 Å². The maximum absolute atomic E-state index is 12.8. The molecule has 362 valence electrons. The monoisotopic (exact) mass is 879 g/mol. The van der Waals surface area contributed by atoms with Crippen molar-refractivity contribution in [2.75, 3.05) is 13.2 Å². The van der Waals surface area contributed by atoms with Crippen LogP contribution in [0.4, 0.5) is 0 Å². The van der Waals surface area contributed by atoms with Gasteiger partial charge >= 0.3 is 17.9 Å². The van der Waals surface area contributed by atoms with Crippen LogP contribution in [0.25, 0.3) is 0 Å². The molecular weight excluding hydrogens is 781 g/mol. The van der Waals surface area contributed by atoms with Gasteiger partial charge < -0.3 is 14.2 Å². The van der Waals surface area contributed by atoms with Gasteiger partial charge in [-0.3, -0.25) is 9.59 Å². The Balaban J connectivity index is 4.57. The van der Waals surface area contributed by atoms with E-state index in [1.807, 2.05) is 42.5 Å². The first-order valence-corrected chi connectivity index (χ1v) is 26.5. The van der Waals surface area contributed by atoms with E-state index in [1.54, 1.807) is 12.2 Å². The van der Waals surface area contributed by atoms with Crippen LogP contribution < -0.4 is 0 Å². The molecule has 0 aromatic rings. The lowest BCUT2D eigenvalue weighted by Crippen LogP contribution is -2.30. The Kier molecular flexibility index (Phi) is 48.9. The molecule has 63 heavy (non-hydrogen) atoms. The molecule has 0 aliphatic heterocycles. The molecule has 0 rings (SSSR count). The summed E-state index contributed by atoms with van der Waals surface area (Å²) in [5, 5.41) is 0. The van der Waals surface area contributed by atoms with E-state index >= 15 is 0 Å². The number of rotatable bonds is 47. The molecule has 0 saturated carbocycles. The zero-order chi connectivity index (χ0) is 45.8. The highest BCUT2D eigenvalue weighted by Gasteiger charge is 2.19. The largest absolute Gasteiger partial charge is 0.462 e. The third-order valence-corrected chi connectivity index (χ3v) is 11.5. The summed E-state index contributed by atoms with van der Waals surface area (Å²) in [5.74, 6) is -1.21. The number of hydrogen-bond donors (Lipinski definition) is 0. The Morgan fingerprint density at radius 1 is 0.349 bits per heavy atom. The first-order valence-electron chi connectivity index (χ1n) is 26.5. The summed E-state index contributed by atoms with van der Waals surface area (Å²) in [7, 11) is 0. The molecule has 0 amide bonds. The predicted molar refractivity (Wildman–Crippen MR) is 270 cm³/mol. The molecule has 6 nitrogen and oxygen atoms in total. The summed E-state index contributed by atoms with van der Waals surface area (Å²) < 4.78 is 16.6. The number of ether oxygens (including phenoxy) is 3. The van der Waals surface area contributed by atoms with Crippen LogP contribution in [-0.4, -0.2) is 37.2 Å². The molecule has 0 radical (unpaired) electrons. The van der Waals surface area contributed by atoms with Crippen molar-refractivity contribution in [2.45, 2.75) is 258 Å². The highest BCUT2D eigenvalue weighted by molar-refractivity contribution is 5.82. The van der Waals surface area contributed by atoms with Gasteiger partial charge in [0.25, 0.3) is 0 Å². The summed E-state index contributed by atoms with van der Waals surface area (Å²) in [6.07, 6.45) is 65.1. The van der Waals surface area contributed by atoms with E-state index in [4.69, 9.17) is 14.2 Å². The second-order valence-corrected chi connectivity index (χ2v) is 17.6. The minimum Gasteiger partial charge on any atom is -0.462 e. The Morgan fingerprint density at radius 2 is 0.667 bits per heavy atom. The maximum atomic E-state index is 12.8. The van der Waals surface area contributed by atoms with Crippen molar-refractivity contribution in [3.8, 4) is 0 Å². The average Bonchev–Trinajstić information content (AvgIpc) is 3.28. The number of esters is 3. The van der Waals surface area contributed by atoms with Crippen LogP contribution in [0.5, 0.6) is 0 Å². The van der Waals surface area contributed by atoms with E-state index in [-0.39, 0.29) is 25.2 Å². The zero-order valence-electron chi connectivity index (χ0n) is 41.3. The second-order valence-electron chi connectivity index (χ2n) is 17.6. The molecule has 0 fully saturated rings. The molecule has 1 unspecified atom stereocenters. The molecule has 0 spiro atoms. The lowest BCUT2D eigenvalue weighted by Gasteiger charge is -2.18. The van der Waals surface area contributed by atoms with E-state index in [0.29, 0.717) is 12.8 Å². The molecule has 0 heterocycles. The van der Waals surface area contributed by atoms with E-state index in [9.17, 15) is 14.4 Å². The minimum absolute atomic E-state index is 0.123. The van der Waals surface area contributed by atoms with Gasteiger partial charge in [-0.25, -0.2) is 4.79 Å². The van der Waals surface area contributed by atoms with Crippen molar-refractivity contribution in [2.24, 2.45) is 0 Å². The number of carbonyl (C=O) groups excluding carboxylic acids is 3. The predicted octanol–water partition coefficient (Wildman–Crippen LogP) is 17.4. The van der Waals surface area contributed by atoms with Crippen LogP contribution in [0, 0.1) is 0 Å². The second kappa shape index (κ2) is 51.5. The summed E-state index contributed by atoms with van der Waals surface area (Å²) in [4.78, 5) is 37.8. The maximum Gasteiger partial charge on any atom is 0.330 e. The van der Waals surface area contributed by atoms with Crippen LogP contribution in [0.3, 0.4) is 0 Å². The van der Waals surface area contributed by atoms with Gasteiger partial charge in [0.05, 0.1) is 0 Å². The standard InChI is InChI=1S/C57H98O6/c1-4-7-10-13-16-19-22-25-26-27-28-29-30-33-35-38-41-44-47-50-56(59)62-53-54(63-57(60)51-48-45-42-39-36-32-24-21-18-15-12-9-6-3)52-61-55(58)49-46-43-40-37-34-31-23-20-17-14-11-8-5-2/h26-30,33,35,38,41,44,47,50,54H,4-25,31-32,34,36-37,39-40,42-43,45-46,48-49,51-53H2,1-3H3/b27-26+,29-28+,33-30+,38-35+,44-41+,50-47+. The summed E-state index contributed by atoms with van der Waals surface area (Å²) >= 11 is 0. The summed E-state index contributed by atoms with van der Waals surface area (Å²) in [5.41, 5.74) is 0. The van der Waals surface area contributed by atoms with Gasteiger partial charge in [-0.1, -0.05) is 280 Å². The highest BCUT2D eigenvalue weighted by Crippen LogP contribution is 2.15. The first kappa shape index (κ1) is 59.9. The van der Waals surface area contributed by atoms with Gasteiger partial charge in [0.2, 0.25) is 0 Å². The molecule has 0 aliphatic rings. The third kappa shape index (κ3) is 49.7. The summed E-state index contributed by atoms with van der Waals surface area (Å²) in [6, 6.07) is 0. The van der Waals surface area contributed by atoms with Gasteiger partial charge in [0.15, 0.2) is 6.10 Å². The quantitative estimate of drug-likeness (QED) is 0.0199. The molecule has 0 aliphatic carbocycles. The van der Waals surface area contributed by atoms with E-state index in [0.717, 1.165) is 44.9 Å². The SMILES string of the molecule is CCCCCCCCC/C=C/C=C/C=C/C=C/C=C/C=C/C(=O)OCC(COC(=O)CCCCCCCCCCCCCCC)OC(=O)CCCCCCCCCCCCCCC. The van der Waals surface area contributed by atoms with E-state index in [2.05, 4.69) is 32.9 Å². The topological polar surface area (TPSA) is 78.9 Å². The van der Waals surface area contributed by atoms with Gasteiger partial charge in [-0.2, -0.15) is 0 Å². The van der Waals surface area contributed by atoms with Crippen LogP contribution in [0.15, 0.2) is 72.9 Å². The number of unbranched alkanes of at least 4 members (excludes halogenated alkanes) is 31. The van der Waals surface area contributed by atoms with Crippen LogP contribution >= 0.6 is 0 Å². The van der Waals surface area contributed by atoms with Crippen LogP contribution in [-0.2, 0) is 28.6 Å². The molecule has 0 N–H and O–H groups in total. The fraction of sp³-hybridized carbons (Fsp3) is 0.737. The van der Waals surface area contributed by atoms with Gasteiger partial charge in [0.1, 0.15) is 13.2 Å². The number of carbonyl (C=O) groups is 3. The van der Waals surface area contributed by atoms with E-state index in [1.165, 1.54) is 179 Å². The molecular formula is C57H98O6. The van der Waals surface area contributed by atoms with Crippen molar-refractivity contribution < 1.29 is 28.6 Å². The highest BCUT2D eigenvalue weighted by atomic mass is 16.6. The van der Waals surface area contributed by atoms with Gasteiger partial charge in [-0.05, 0) is 25.7 Å². The third-order valence-electron chi connectivity index (χ3n) is 11.5. The minimum atomic E-state index is -0.840. The Labute approximate surface area is 389 Å². The molecule has 0 bridgehead atoms. The number of hydrogen-bond acceptors (Lipinski definition) is 6. The zero-order valence-corrected chi connectivity index (χ0v) is 41.3. The first-order chi connectivity index (χ1) is 31.0. The fourth-order valence-electron chi connectivity index (χ4n) is 7.46. The normalized spacial score (nSPS) is 12.6. The Bertz CT molecular complexity index is 1190. The molecule has 6 heteroatoms. The van der Waals surface area contributed by atoms with Gasteiger partial charge in [0, 0.05) is 18.9 Å². The average molecular weight is 879 g/mol. The van der Waals surface area contributed by atoms with Crippen molar-refractivity contribution in [3.05, 3.63) is 72.9 Å². The lowest BCUT2D eigenvalue weighted by atomic mass is 10.0. The van der Waals surface area contributed by atoms with Crippen LogP contribution in [0.1, 0.15) is 252 Å². The lowest BCUT2D eigenvalue weighted by molar-refractivity contribution is -0.165. The summed E-state index contributed by atoms with van der Waals surface area (Å²) in [6.45, 7) is 6.48. The Hall–Kier alpha value is -3.15. The molecule has 0 aromatic heterocycles. The smallest absolute Gasteiger partial charge is 0.330 e. The molecule has 0 aromatic carbocycles. The number of allylic oxidation sites excluding steroid dienone is 11. The van der Waals surface area contributed by atoms with Crippen molar-refractivity contribution in [1.82, 2.24) is 0 Å². The Morgan fingerprint density at radius 3 is 1.08 bits per heavy atom. The van der Waals surface area contributed by atoms with Crippen LogP contribution in [0.2, 0.25) is 0 Å². The molecule has 0 saturated heterocycles. The van der Waals surface area contributed by atoms with Gasteiger partial charge in [-0.15, -0.1) is 0 Å². The molecule has 1 atom stereocenters. The fourth-order valence-corrected chi connectivity index (χ4v) is 7.46. The van der Waals surface area contributed by atoms with E-state index < -0.39 is 12.1 Å².